The van der Waals surface area contributed by atoms with E-state index in [2.05, 4.69) is 9.50 Å². The van der Waals surface area contributed by atoms with E-state index in [1.807, 2.05) is 0 Å². The molecule has 21 heavy (non-hydrogen) atoms. The van der Waals surface area contributed by atoms with Gasteiger partial charge in [-0.05, 0) is 42.0 Å². The lowest BCUT2D eigenvalue weighted by atomic mass is 10.2. The normalized spacial score (nSPS) is 15.7. The van der Waals surface area contributed by atoms with Crippen molar-refractivity contribution in [2.24, 2.45) is 15.3 Å². The zero-order valence-electron chi connectivity index (χ0n) is 10.8. The fraction of sp³-hybridized carbons (Fsp3) is 0. The van der Waals surface area contributed by atoms with E-state index in [0.717, 1.165) is 5.56 Å². The van der Waals surface area contributed by atoms with Crippen LogP contribution in [0.25, 0.3) is 0 Å². The van der Waals surface area contributed by atoms with Crippen LogP contribution in [-0.4, -0.2) is 20.5 Å². The molecule has 1 aliphatic heterocycles. The number of hydrogen-bond acceptors (Lipinski definition) is 5. The number of fused-ring (bicyclic) bond motifs is 1. The first kappa shape index (κ1) is 13.3. The lowest BCUT2D eigenvalue weighted by Gasteiger charge is -2.05. The molecule has 2 N–H and O–H groups in total. The summed E-state index contributed by atoms with van der Waals surface area (Å²) in [5.41, 5.74) is 1.27. The van der Waals surface area contributed by atoms with Crippen LogP contribution in [0, 0.1) is 0 Å². The van der Waals surface area contributed by atoms with Crippen LogP contribution < -0.4 is 10.6 Å². The third kappa shape index (κ3) is 2.50. The number of benzene rings is 2. The highest BCUT2D eigenvalue weighted by Crippen LogP contribution is 2.27. The first-order chi connectivity index (χ1) is 10.1. The van der Waals surface area contributed by atoms with Crippen molar-refractivity contribution in [1.29, 1.82) is 0 Å². The maximum Gasteiger partial charge on any atom is 0.286 e. The van der Waals surface area contributed by atoms with Crippen LogP contribution in [0.1, 0.15) is 11.1 Å². The number of nitrogens with two attached hydrogens (primary N) is 1. The highest BCUT2D eigenvalue weighted by molar-refractivity contribution is 7.90. The van der Waals surface area contributed by atoms with Crippen molar-refractivity contribution in [3.8, 4) is 5.75 Å². The lowest BCUT2D eigenvalue weighted by Crippen LogP contribution is -2.07. The zero-order valence-corrected chi connectivity index (χ0v) is 11.6. The molecule has 3 rings (SSSR count). The Balaban J connectivity index is 1.92. The molecule has 1 aliphatic rings. The number of hydrogen-bond donors (Lipinski definition) is 1. The summed E-state index contributed by atoms with van der Waals surface area (Å²) in [5, 5.41) is 3.42. The van der Waals surface area contributed by atoms with Gasteiger partial charge in [0, 0.05) is 0 Å². The molecule has 0 spiro atoms. The maximum absolute atomic E-state index is 11.9. The third-order valence-corrected chi connectivity index (χ3v) is 4.23. The van der Waals surface area contributed by atoms with E-state index in [1.54, 1.807) is 42.5 Å². The average Bonchev–Trinajstić information content (AvgIpc) is 2.73. The van der Waals surface area contributed by atoms with Gasteiger partial charge in [-0.25, -0.2) is 0 Å². The van der Waals surface area contributed by atoms with Crippen LogP contribution in [0.5, 0.6) is 5.75 Å². The topological polar surface area (TPSA) is 94.1 Å². The average molecular weight is 301 g/mol. The second kappa shape index (κ2) is 5.02. The molecule has 0 aliphatic carbocycles. The SMILES string of the molecule is NN=Cc1ccc(OC2=NS(=O)(=O)c3ccccc32)cc1. The molecule has 2 aromatic rings. The van der Waals surface area contributed by atoms with E-state index < -0.39 is 10.0 Å². The Morgan fingerprint density at radius 3 is 2.52 bits per heavy atom. The van der Waals surface area contributed by atoms with E-state index in [0.29, 0.717) is 11.3 Å². The third-order valence-electron chi connectivity index (χ3n) is 2.92. The molecule has 7 heteroatoms. The van der Waals surface area contributed by atoms with Crippen molar-refractivity contribution in [2.45, 2.75) is 4.90 Å². The fourth-order valence-electron chi connectivity index (χ4n) is 1.97. The second-order valence-corrected chi connectivity index (χ2v) is 5.89. The minimum Gasteiger partial charge on any atom is -0.438 e. The van der Waals surface area contributed by atoms with Gasteiger partial charge < -0.3 is 10.6 Å². The number of nitrogens with zero attached hydrogens (tertiary/aromatic N) is 2. The van der Waals surface area contributed by atoms with Crippen molar-refractivity contribution >= 4 is 22.1 Å². The summed E-state index contributed by atoms with van der Waals surface area (Å²) in [6.07, 6.45) is 1.50. The summed E-state index contributed by atoms with van der Waals surface area (Å²) in [4.78, 5) is 0.159. The van der Waals surface area contributed by atoms with Gasteiger partial charge in [0.15, 0.2) is 0 Å². The Hall–Kier alpha value is -2.67. The number of hydrazone groups is 1. The van der Waals surface area contributed by atoms with Crippen molar-refractivity contribution in [1.82, 2.24) is 0 Å². The standard InChI is InChI=1S/C14H11N3O3S/c15-16-9-10-5-7-11(8-6-10)20-14-12-3-1-2-4-13(12)21(18,19)17-14/h1-9H,15H2. The van der Waals surface area contributed by atoms with Crippen LogP contribution in [0.4, 0.5) is 0 Å². The summed E-state index contributed by atoms with van der Waals surface area (Å²) < 4.78 is 33.0. The Bertz CT molecular complexity index is 840. The first-order valence-corrected chi connectivity index (χ1v) is 7.50. The van der Waals surface area contributed by atoms with E-state index in [-0.39, 0.29) is 10.8 Å². The molecular weight excluding hydrogens is 290 g/mol. The number of sulfonamides is 1. The summed E-state index contributed by atoms with van der Waals surface area (Å²) in [7, 11) is -3.67. The largest absolute Gasteiger partial charge is 0.438 e. The molecule has 0 radical (unpaired) electrons. The first-order valence-electron chi connectivity index (χ1n) is 6.06. The zero-order chi connectivity index (χ0) is 14.9. The number of ether oxygens (including phenoxy) is 1. The van der Waals surface area contributed by atoms with Gasteiger partial charge in [-0.1, -0.05) is 12.1 Å². The van der Waals surface area contributed by atoms with Crippen LogP contribution in [0.3, 0.4) is 0 Å². The predicted octanol–water partition coefficient (Wildman–Crippen LogP) is 1.51. The fourth-order valence-corrected chi connectivity index (χ4v) is 3.11. The minimum atomic E-state index is -3.67. The molecule has 106 valence electrons. The van der Waals surface area contributed by atoms with Gasteiger partial charge in [0.05, 0.1) is 11.8 Å². The Kier molecular flexibility index (Phi) is 3.19. The molecule has 6 nitrogen and oxygen atoms in total. The molecule has 0 bridgehead atoms. The number of rotatable bonds is 2. The molecule has 0 amide bonds. The van der Waals surface area contributed by atoms with Gasteiger partial charge >= 0.3 is 0 Å². The molecule has 0 unspecified atom stereocenters. The van der Waals surface area contributed by atoms with Gasteiger partial charge in [0.25, 0.3) is 10.0 Å². The molecule has 0 aromatic heterocycles. The second-order valence-electron chi connectivity index (χ2n) is 4.32. The molecule has 0 atom stereocenters. The Morgan fingerprint density at radius 2 is 1.81 bits per heavy atom. The highest BCUT2D eigenvalue weighted by atomic mass is 32.2. The van der Waals surface area contributed by atoms with Gasteiger partial charge in [0.2, 0.25) is 5.90 Å². The van der Waals surface area contributed by atoms with E-state index in [1.165, 1.54) is 12.3 Å². The maximum atomic E-state index is 11.9. The van der Waals surface area contributed by atoms with Gasteiger partial charge in [-0.3, -0.25) is 0 Å². The van der Waals surface area contributed by atoms with Gasteiger partial charge in [-0.15, -0.1) is 4.40 Å². The van der Waals surface area contributed by atoms with Crippen molar-refractivity contribution in [2.75, 3.05) is 0 Å². The molecule has 0 saturated carbocycles. The molecule has 2 aromatic carbocycles. The summed E-state index contributed by atoms with van der Waals surface area (Å²) >= 11 is 0. The van der Waals surface area contributed by atoms with Gasteiger partial charge in [-0.2, -0.15) is 13.5 Å². The van der Waals surface area contributed by atoms with E-state index >= 15 is 0 Å². The Morgan fingerprint density at radius 1 is 1.10 bits per heavy atom. The highest BCUT2D eigenvalue weighted by Gasteiger charge is 2.29. The smallest absolute Gasteiger partial charge is 0.286 e. The predicted molar refractivity (Wildman–Crippen MR) is 79.0 cm³/mol. The molecule has 0 fully saturated rings. The summed E-state index contributed by atoms with van der Waals surface area (Å²) in [5.74, 6) is 5.62. The van der Waals surface area contributed by atoms with E-state index in [4.69, 9.17) is 10.6 Å². The van der Waals surface area contributed by atoms with E-state index in [9.17, 15) is 8.42 Å². The minimum absolute atomic E-state index is 0.0749. The summed E-state index contributed by atoms with van der Waals surface area (Å²) in [6, 6.07) is 13.4. The van der Waals surface area contributed by atoms with Crippen LogP contribution in [-0.2, 0) is 10.0 Å². The molecular formula is C14H11N3O3S. The van der Waals surface area contributed by atoms with Crippen molar-refractivity contribution < 1.29 is 13.2 Å². The van der Waals surface area contributed by atoms with Crippen LogP contribution in [0.15, 0.2) is 62.9 Å². The monoisotopic (exact) mass is 301 g/mol. The molecule has 1 heterocycles. The van der Waals surface area contributed by atoms with Gasteiger partial charge in [0.1, 0.15) is 10.6 Å². The van der Waals surface area contributed by atoms with Crippen LogP contribution >= 0.6 is 0 Å². The quantitative estimate of drug-likeness (QED) is 0.517. The molecule has 0 saturated heterocycles. The lowest BCUT2D eigenvalue weighted by molar-refractivity contribution is 0.554. The van der Waals surface area contributed by atoms with Crippen molar-refractivity contribution in [3.63, 3.8) is 0 Å². The summed E-state index contributed by atoms with van der Waals surface area (Å²) in [6.45, 7) is 0. The van der Waals surface area contributed by atoms with Crippen molar-refractivity contribution in [3.05, 3.63) is 59.7 Å². The Labute approximate surface area is 121 Å². The van der Waals surface area contributed by atoms with Crippen LogP contribution in [0.2, 0.25) is 0 Å².